The number of carbonyl (C=O) groups is 1. The molecule has 2 heterocycles. The molecule has 12 heteroatoms. The van der Waals surface area contributed by atoms with Crippen LogP contribution in [-0.4, -0.2) is 53.5 Å². The van der Waals surface area contributed by atoms with E-state index in [1.807, 2.05) is 16.7 Å². The molecule has 0 aliphatic heterocycles. The molecule has 0 fully saturated rings. The van der Waals surface area contributed by atoms with E-state index >= 15 is 0 Å². The van der Waals surface area contributed by atoms with E-state index in [1.165, 1.54) is 30.0 Å². The Morgan fingerprint density at radius 2 is 2.00 bits per heavy atom. The van der Waals surface area contributed by atoms with Gasteiger partial charge in [-0.3, -0.25) is 14.3 Å². The van der Waals surface area contributed by atoms with Gasteiger partial charge in [0.25, 0.3) is 0 Å². The summed E-state index contributed by atoms with van der Waals surface area (Å²) in [6, 6.07) is 9.41. The first-order chi connectivity index (χ1) is 14.4. The zero-order chi connectivity index (χ0) is 21.6. The first-order valence-corrected chi connectivity index (χ1v) is 11.3. The molecule has 3 rings (SSSR count). The molecular formula is C18H20N6O4S2. The number of nitrogens with zero attached hydrogens (tertiary/aromatic N) is 4. The van der Waals surface area contributed by atoms with Gasteiger partial charge in [-0.25, -0.2) is 13.6 Å². The molecule has 0 bridgehead atoms. The highest BCUT2D eigenvalue weighted by Gasteiger charge is 2.16. The summed E-state index contributed by atoms with van der Waals surface area (Å²) in [5.74, 6) is 0.387. The number of pyridine rings is 1. The summed E-state index contributed by atoms with van der Waals surface area (Å²) in [5, 5.41) is 16.8. The number of hydrogen-bond donors (Lipinski definition) is 2. The van der Waals surface area contributed by atoms with E-state index in [4.69, 9.17) is 9.88 Å². The molecule has 0 atom stereocenters. The number of nitrogens with two attached hydrogens (primary N) is 1. The molecule has 0 unspecified atom stereocenters. The van der Waals surface area contributed by atoms with Crippen LogP contribution in [0.15, 0.2) is 58.8 Å². The molecule has 10 nitrogen and oxygen atoms in total. The molecule has 158 valence electrons. The van der Waals surface area contributed by atoms with Gasteiger partial charge in [-0.1, -0.05) is 17.8 Å². The van der Waals surface area contributed by atoms with Crippen LogP contribution in [0.1, 0.15) is 0 Å². The summed E-state index contributed by atoms with van der Waals surface area (Å²) >= 11 is 1.21. The number of methoxy groups -OCH3 is 1. The largest absolute Gasteiger partial charge is 0.383 e. The van der Waals surface area contributed by atoms with E-state index in [1.54, 1.807) is 25.6 Å². The molecule has 1 amide bonds. The number of carbonyl (C=O) groups excluding carboxylic acids is 1. The number of ether oxygens (including phenoxy) is 1. The lowest BCUT2D eigenvalue weighted by Crippen LogP contribution is -2.16. The second-order valence-electron chi connectivity index (χ2n) is 6.10. The number of rotatable bonds is 9. The number of sulfonamides is 1. The van der Waals surface area contributed by atoms with Gasteiger partial charge in [0.05, 0.1) is 23.8 Å². The molecule has 0 spiro atoms. The summed E-state index contributed by atoms with van der Waals surface area (Å²) < 4.78 is 29.9. The van der Waals surface area contributed by atoms with Gasteiger partial charge >= 0.3 is 0 Å². The quantitative estimate of drug-likeness (QED) is 0.467. The second-order valence-corrected chi connectivity index (χ2v) is 8.60. The van der Waals surface area contributed by atoms with Gasteiger partial charge < -0.3 is 10.1 Å². The summed E-state index contributed by atoms with van der Waals surface area (Å²) in [6.45, 7) is 0.970. The van der Waals surface area contributed by atoms with Crippen LogP contribution in [0.3, 0.4) is 0 Å². The van der Waals surface area contributed by atoms with Crippen molar-refractivity contribution in [3.8, 4) is 11.4 Å². The van der Waals surface area contributed by atoms with Gasteiger partial charge in [-0.15, -0.1) is 10.2 Å². The van der Waals surface area contributed by atoms with Crippen LogP contribution in [0.4, 0.5) is 5.69 Å². The fraction of sp³-hybridized carbons (Fsp3) is 0.222. The molecule has 1 aromatic carbocycles. The molecule has 0 aliphatic rings. The van der Waals surface area contributed by atoms with Crippen molar-refractivity contribution in [2.45, 2.75) is 16.6 Å². The fourth-order valence-corrected chi connectivity index (χ4v) is 3.90. The average Bonchev–Trinajstić information content (AvgIpc) is 3.13. The standard InChI is InChI=1S/C18H20N6O4S2/c1-28-10-9-24-17(13-5-7-20-8-6-13)22-23-18(24)29-12-16(25)21-14-3-2-4-15(11-14)30(19,26)27/h2-8,11H,9-10,12H2,1H3,(H,21,25)(H2,19,26,27). The third-order valence-corrected chi connectivity index (χ3v) is 5.83. The highest BCUT2D eigenvalue weighted by Crippen LogP contribution is 2.24. The Balaban J connectivity index is 1.71. The fourth-order valence-electron chi connectivity index (χ4n) is 2.57. The average molecular weight is 449 g/mol. The SMILES string of the molecule is COCCn1c(SCC(=O)Nc2cccc(S(N)(=O)=O)c2)nnc1-c1ccncc1. The normalized spacial score (nSPS) is 11.4. The number of benzene rings is 1. The monoisotopic (exact) mass is 448 g/mol. The van der Waals surface area contributed by atoms with Crippen molar-refractivity contribution in [2.24, 2.45) is 5.14 Å². The highest BCUT2D eigenvalue weighted by molar-refractivity contribution is 7.99. The lowest BCUT2D eigenvalue weighted by molar-refractivity contribution is -0.113. The Labute approximate surface area is 177 Å². The van der Waals surface area contributed by atoms with Crippen molar-refractivity contribution in [2.75, 3.05) is 24.8 Å². The number of nitrogens with one attached hydrogen (secondary N) is 1. The minimum absolute atomic E-state index is 0.0566. The Morgan fingerprint density at radius 3 is 2.70 bits per heavy atom. The maximum atomic E-state index is 12.3. The molecule has 2 aromatic heterocycles. The van der Waals surface area contributed by atoms with Gasteiger partial charge in [-0.2, -0.15) is 0 Å². The topological polar surface area (TPSA) is 142 Å². The first-order valence-electron chi connectivity index (χ1n) is 8.76. The van der Waals surface area contributed by atoms with Crippen LogP contribution in [0.2, 0.25) is 0 Å². The Hall–Kier alpha value is -2.80. The Bertz CT molecular complexity index is 1120. The lowest BCUT2D eigenvalue weighted by atomic mass is 10.2. The predicted molar refractivity (Wildman–Crippen MR) is 112 cm³/mol. The van der Waals surface area contributed by atoms with Crippen LogP contribution in [0.25, 0.3) is 11.4 Å². The third kappa shape index (κ3) is 5.63. The summed E-state index contributed by atoms with van der Waals surface area (Å²) in [4.78, 5) is 16.3. The number of thioether (sulfide) groups is 1. The van der Waals surface area contributed by atoms with Gasteiger partial charge in [0.1, 0.15) is 0 Å². The Kier molecular flexibility index (Phi) is 7.15. The van der Waals surface area contributed by atoms with E-state index < -0.39 is 10.0 Å². The van der Waals surface area contributed by atoms with Crippen molar-refractivity contribution >= 4 is 33.4 Å². The molecule has 3 aromatic rings. The van der Waals surface area contributed by atoms with Crippen molar-refractivity contribution in [3.05, 3.63) is 48.8 Å². The number of hydrogen-bond acceptors (Lipinski definition) is 8. The smallest absolute Gasteiger partial charge is 0.238 e. The number of anilines is 1. The van der Waals surface area contributed by atoms with Crippen molar-refractivity contribution in [1.82, 2.24) is 19.7 Å². The zero-order valence-corrected chi connectivity index (χ0v) is 17.7. The summed E-state index contributed by atoms with van der Waals surface area (Å²) in [5.41, 5.74) is 1.19. The minimum atomic E-state index is -3.85. The minimum Gasteiger partial charge on any atom is -0.383 e. The first kappa shape index (κ1) is 21.9. The van der Waals surface area contributed by atoms with Crippen LogP contribution < -0.4 is 10.5 Å². The van der Waals surface area contributed by atoms with E-state index in [-0.39, 0.29) is 16.6 Å². The predicted octanol–water partition coefficient (Wildman–Crippen LogP) is 1.36. The molecule has 0 saturated carbocycles. The van der Waals surface area contributed by atoms with E-state index in [9.17, 15) is 13.2 Å². The summed E-state index contributed by atoms with van der Waals surface area (Å²) in [6.07, 6.45) is 3.33. The molecular weight excluding hydrogens is 428 g/mol. The van der Waals surface area contributed by atoms with Gasteiger partial charge in [0.2, 0.25) is 15.9 Å². The van der Waals surface area contributed by atoms with Crippen molar-refractivity contribution < 1.29 is 17.9 Å². The van der Waals surface area contributed by atoms with Gasteiger partial charge in [-0.05, 0) is 30.3 Å². The van der Waals surface area contributed by atoms with E-state index in [2.05, 4.69) is 20.5 Å². The number of primary sulfonamides is 1. The molecule has 3 N–H and O–H groups in total. The van der Waals surface area contributed by atoms with Crippen molar-refractivity contribution in [1.29, 1.82) is 0 Å². The van der Waals surface area contributed by atoms with Crippen LogP contribution in [0, 0.1) is 0 Å². The van der Waals surface area contributed by atoms with Crippen LogP contribution >= 0.6 is 11.8 Å². The van der Waals surface area contributed by atoms with Crippen LogP contribution in [-0.2, 0) is 26.1 Å². The number of aromatic nitrogens is 4. The van der Waals surface area contributed by atoms with Crippen molar-refractivity contribution in [3.63, 3.8) is 0 Å². The second kappa shape index (κ2) is 9.80. The molecule has 0 radical (unpaired) electrons. The maximum absolute atomic E-state index is 12.3. The lowest BCUT2D eigenvalue weighted by Gasteiger charge is -2.10. The highest BCUT2D eigenvalue weighted by atomic mass is 32.2. The van der Waals surface area contributed by atoms with Crippen LogP contribution in [0.5, 0.6) is 0 Å². The third-order valence-electron chi connectivity index (χ3n) is 3.95. The van der Waals surface area contributed by atoms with E-state index in [0.717, 1.165) is 5.56 Å². The van der Waals surface area contributed by atoms with Gasteiger partial charge in [0.15, 0.2) is 11.0 Å². The molecule has 30 heavy (non-hydrogen) atoms. The molecule has 0 saturated heterocycles. The maximum Gasteiger partial charge on any atom is 0.238 e. The zero-order valence-electron chi connectivity index (χ0n) is 16.1. The van der Waals surface area contributed by atoms with E-state index in [0.29, 0.717) is 29.8 Å². The summed E-state index contributed by atoms with van der Waals surface area (Å²) in [7, 11) is -2.25. The molecule has 0 aliphatic carbocycles. The number of amides is 1. The van der Waals surface area contributed by atoms with Gasteiger partial charge in [0, 0.05) is 30.8 Å². The Morgan fingerprint density at radius 1 is 1.23 bits per heavy atom.